The standard InChI is InChI=1S/C17H15.Zr/c1-17(2)15-10-9-14(16(15)17)13-8-7-11-5-3-4-6-12(11)13;/h3-8,13H,9H2,1-2H3;/q-1;. The average molecular weight is 311 g/mol. The quantitative estimate of drug-likeness (QED) is 0.680. The van der Waals surface area contributed by atoms with Crippen LogP contribution in [0.15, 0.2) is 47.1 Å². The van der Waals surface area contributed by atoms with E-state index < -0.39 is 0 Å². The first kappa shape index (κ1) is 12.4. The predicted molar refractivity (Wildman–Crippen MR) is 70.4 cm³/mol. The molecule has 0 radical (unpaired) electrons. The van der Waals surface area contributed by atoms with E-state index in [1.165, 1.54) is 16.7 Å². The maximum atomic E-state index is 3.55. The molecule has 0 aromatic heterocycles. The van der Waals surface area contributed by atoms with Gasteiger partial charge in [0.2, 0.25) is 0 Å². The van der Waals surface area contributed by atoms with Gasteiger partial charge in [-0.15, -0.1) is 6.42 Å². The van der Waals surface area contributed by atoms with Crippen molar-refractivity contribution in [3.63, 3.8) is 0 Å². The molecule has 0 N–H and O–H groups in total. The zero-order chi connectivity index (χ0) is 11.6. The average Bonchev–Trinajstić information content (AvgIpc) is 2.78. The number of rotatable bonds is 1. The molecule has 0 spiro atoms. The van der Waals surface area contributed by atoms with E-state index in [2.05, 4.69) is 56.3 Å². The van der Waals surface area contributed by atoms with Crippen LogP contribution in [-0.2, 0) is 26.2 Å². The van der Waals surface area contributed by atoms with Gasteiger partial charge in [-0.3, -0.25) is 6.08 Å². The molecule has 1 saturated carbocycles. The number of benzene rings is 1. The van der Waals surface area contributed by atoms with Crippen molar-refractivity contribution in [3.05, 3.63) is 64.3 Å². The summed E-state index contributed by atoms with van der Waals surface area (Å²) in [6, 6.07) is 8.74. The molecule has 0 nitrogen and oxygen atoms in total. The SMILES string of the molecule is CC1(C)C2=[C-]CC(C3C=Cc4ccccc43)=C21.[Zr]. The second-order valence-electron chi connectivity index (χ2n) is 5.72. The molecule has 1 unspecified atom stereocenters. The van der Waals surface area contributed by atoms with Crippen LogP contribution < -0.4 is 0 Å². The van der Waals surface area contributed by atoms with E-state index in [1.807, 2.05) is 0 Å². The molecule has 4 rings (SSSR count). The molecule has 18 heavy (non-hydrogen) atoms. The fraction of sp³-hybridized carbons (Fsp3) is 0.294. The van der Waals surface area contributed by atoms with E-state index >= 15 is 0 Å². The zero-order valence-electron chi connectivity index (χ0n) is 10.7. The molecule has 1 aromatic rings. The monoisotopic (exact) mass is 309 g/mol. The van der Waals surface area contributed by atoms with Gasteiger partial charge in [0.05, 0.1) is 0 Å². The van der Waals surface area contributed by atoms with Crippen LogP contribution in [0.1, 0.15) is 37.3 Å². The van der Waals surface area contributed by atoms with Crippen LogP contribution in [-0.4, -0.2) is 0 Å². The molecule has 1 aromatic carbocycles. The van der Waals surface area contributed by atoms with Gasteiger partial charge >= 0.3 is 0 Å². The van der Waals surface area contributed by atoms with Gasteiger partial charge < -0.3 is 0 Å². The van der Waals surface area contributed by atoms with Gasteiger partial charge in [0, 0.05) is 32.1 Å². The smallest absolute Gasteiger partial charge is 0.00697 e. The summed E-state index contributed by atoms with van der Waals surface area (Å²) in [6.45, 7) is 4.63. The van der Waals surface area contributed by atoms with Crippen LogP contribution in [0.25, 0.3) is 6.08 Å². The van der Waals surface area contributed by atoms with Crippen LogP contribution in [0.3, 0.4) is 0 Å². The Hall–Kier alpha value is -0.677. The molecule has 3 aliphatic rings. The van der Waals surface area contributed by atoms with Crippen LogP contribution in [0.4, 0.5) is 0 Å². The first-order valence-electron chi connectivity index (χ1n) is 6.32. The second-order valence-corrected chi connectivity index (χ2v) is 5.72. The zero-order valence-corrected chi connectivity index (χ0v) is 13.2. The summed E-state index contributed by atoms with van der Waals surface area (Å²) in [4.78, 5) is 0. The maximum Gasteiger partial charge on any atom is 0.00697 e. The first-order chi connectivity index (χ1) is 8.19. The minimum atomic E-state index is 0. The van der Waals surface area contributed by atoms with Crippen LogP contribution in [0.5, 0.6) is 0 Å². The fourth-order valence-corrected chi connectivity index (χ4v) is 3.43. The van der Waals surface area contributed by atoms with Gasteiger partial charge in [0.25, 0.3) is 0 Å². The molecule has 1 heteroatoms. The van der Waals surface area contributed by atoms with Crippen molar-refractivity contribution in [1.29, 1.82) is 0 Å². The molecule has 0 saturated heterocycles. The molecule has 1 atom stereocenters. The Bertz CT molecular complexity index is 614. The van der Waals surface area contributed by atoms with E-state index in [0.29, 0.717) is 11.3 Å². The Kier molecular flexibility index (Phi) is 2.68. The predicted octanol–water partition coefficient (Wildman–Crippen LogP) is 4.26. The van der Waals surface area contributed by atoms with E-state index in [-0.39, 0.29) is 26.2 Å². The van der Waals surface area contributed by atoms with Crippen molar-refractivity contribution in [2.24, 2.45) is 5.41 Å². The molecule has 1 fully saturated rings. The van der Waals surface area contributed by atoms with Gasteiger partial charge in [0.1, 0.15) is 0 Å². The topological polar surface area (TPSA) is 0 Å². The molecule has 0 bridgehead atoms. The number of hydrogen-bond acceptors (Lipinski definition) is 0. The van der Waals surface area contributed by atoms with Gasteiger partial charge in [-0.1, -0.05) is 55.7 Å². The number of hydrogen-bond donors (Lipinski definition) is 0. The largest absolute Gasteiger partial charge is 0.270 e. The molecular formula is C17H15Zr-. The molecule has 3 aliphatic carbocycles. The van der Waals surface area contributed by atoms with Gasteiger partial charge in [-0.05, 0) is 11.1 Å². The van der Waals surface area contributed by atoms with Crippen molar-refractivity contribution >= 4 is 6.08 Å². The Morgan fingerprint density at radius 2 is 2.00 bits per heavy atom. The van der Waals surface area contributed by atoms with Crippen LogP contribution in [0, 0.1) is 11.5 Å². The van der Waals surface area contributed by atoms with E-state index in [9.17, 15) is 0 Å². The van der Waals surface area contributed by atoms with E-state index in [4.69, 9.17) is 0 Å². The summed E-state index contributed by atoms with van der Waals surface area (Å²) in [7, 11) is 0. The summed E-state index contributed by atoms with van der Waals surface area (Å²) in [5, 5.41) is 0. The Labute approximate surface area is 128 Å². The summed E-state index contributed by atoms with van der Waals surface area (Å²) >= 11 is 0. The second kappa shape index (κ2) is 3.91. The van der Waals surface area contributed by atoms with Crippen molar-refractivity contribution in [1.82, 2.24) is 0 Å². The summed E-state index contributed by atoms with van der Waals surface area (Å²) in [5.74, 6) is 0.507. The number of fused-ring (bicyclic) bond motifs is 2. The van der Waals surface area contributed by atoms with Gasteiger partial charge in [0.15, 0.2) is 0 Å². The molecule has 0 amide bonds. The van der Waals surface area contributed by atoms with Crippen molar-refractivity contribution in [3.8, 4) is 0 Å². The molecular weight excluding hydrogens is 295 g/mol. The molecule has 0 heterocycles. The van der Waals surface area contributed by atoms with Crippen molar-refractivity contribution in [2.45, 2.75) is 26.2 Å². The van der Waals surface area contributed by atoms with Crippen LogP contribution >= 0.6 is 0 Å². The summed E-state index contributed by atoms with van der Waals surface area (Å²) in [5.41, 5.74) is 7.83. The van der Waals surface area contributed by atoms with E-state index in [1.54, 1.807) is 11.1 Å². The summed E-state index contributed by atoms with van der Waals surface area (Å²) < 4.78 is 0. The third-order valence-corrected chi connectivity index (χ3v) is 4.39. The fourth-order valence-electron chi connectivity index (χ4n) is 3.43. The third-order valence-electron chi connectivity index (χ3n) is 4.39. The Balaban J connectivity index is 0.000001000. The maximum absolute atomic E-state index is 3.55. The van der Waals surface area contributed by atoms with Gasteiger partial charge in [-0.25, -0.2) is 5.57 Å². The van der Waals surface area contributed by atoms with Crippen molar-refractivity contribution < 1.29 is 26.2 Å². The number of allylic oxidation sites excluding steroid dienone is 5. The van der Waals surface area contributed by atoms with Crippen LogP contribution in [0.2, 0.25) is 0 Å². The van der Waals surface area contributed by atoms with Crippen molar-refractivity contribution in [2.75, 3.05) is 0 Å². The molecule has 0 aliphatic heterocycles. The Morgan fingerprint density at radius 3 is 2.72 bits per heavy atom. The van der Waals surface area contributed by atoms with Gasteiger partial charge in [-0.2, -0.15) is 11.1 Å². The minimum absolute atomic E-state index is 0. The molecule has 88 valence electrons. The third kappa shape index (κ3) is 1.46. The summed E-state index contributed by atoms with van der Waals surface area (Å²) in [6.07, 6.45) is 9.21. The Morgan fingerprint density at radius 1 is 1.22 bits per heavy atom. The first-order valence-corrected chi connectivity index (χ1v) is 6.32. The normalized spacial score (nSPS) is 25.4. The minimum Gasteiger partial charge on any atom is -0.270 e. The van der Waals surface area contributed by atoms with E-state index in [0.717, 1.165) is 6.42 Å².